The zero-order valence-corrected chi connectivity index (χ0v) is 18.8. The van der Waals surface area contributed by atoms with Crippen LogP contribution in [0, 0.1) is 10.1 Å². The van der Waals surface area contributed by atoms with Gasteiger partial charge < -0.3 is 14.4 Å². The summed E-state index contributed by atoms with van der Waals surface area (Å²) in [5.74, 6) is -0.316. The summed E-state index contributed by atoms with van der Waals surface area (Å²) in [5, 5.41) is 15.4. The molecule has 1 fully saturated rings. The lowest BCUT2D eigenvalue weighted by molar-refractivity contribution is -0.385. The molecule has 13 heteroatoms. The predicted molar refractivity (Wildman–Crippen MR) is 113 cm³/mol. The molecule has 2 aromatic rings. The summed E-state index contributed by atoms with van der Waals surface area (Å²) in [4.78, 5) is 24.4. The Morgan fingerprint density at radius 1 is 1.34 bits per heavy atom. The van der Waals surface area contributed by atoms with Crippen molar-refractivity contribution in [2.45, 2.75) is 31.2 Å². The van der Waals surface area contributed by atoms with Gasteiger partial charge in [0.05, 0.1) is 18.1 Å². The van der Waals surface area contributed by atoms with Crippen LogP contribution in [-0.4, -0.2) is 66.3 Å². The average molecular weight is 468 g/mol. The molecule has 2 heterocycles. The molecule has 0 spiro atoms. The molecule has 1 aromatic heterocycles. The van der Waals surface area contributed by atoms with Crippen LogP contribution in [0.15, 0.2) is 29.2 Å². The first-order chi connectivity index (χ1) is 15.1. The van der Waals surface area contributed by atoms with Crippen LogP contribution in [0.4, 0.5) is 5.69 Å². The van der Waals surface area contributed by atoms with E-state index in [0.717, 1.165) is 12.1 Å². The lowest BCUT2D eigenvalue weighted by Gasteiger charge is -2.25. The molecule has 1 amide bonds. The third-order valence-electron chi connectivity index (χ3n) is 4.97. The van der Waals surface area contributed by atoms with E-state index in [0.29, 0.717) is 32.7 Å². The normalized spacial score (nSPS) is 15.4. The number of carbonyl (C=O) groups is 1. The summed E-state index contributed by atoms with van der Waals surface area (Å²) in [6.45, 7) is 5.25. The number of hydrogen-bond acceptors (Lipinski definition) is 8. The number of aromatic nitrogens is 2. The molecule has 0 bridgehead atoms. The number of morpholine rings is 1. The van der Waals surface area contributed by atoms with Crippen LogP contribution in [0.25, 0.3) is 0 Å². The molecule has 1 unspecified atom stereocenters. The Morgan fingerprint density at radius 3 is 2.66 bits per heavy atom. The monoisotopic (exact) mass is 467 g/mol. The van der Waals surface area contributed by atoms with Crippen LogP contribution in [-0.2, 0) is 21.8 Å². The average Bonchev–Trinajstić information content (AvgIpc) is 3.13. The van der Waals surface area contributed by atoms with Crippen molar-refractivity contribution in [2.24, 2.45) is 7.05 Å². The number of nitro benzene ring substituents is 1. The standard InChI is InChI=1S/C19H25N5O7S/c1-4-13(2)21-32(28,29)17-11-14(24(26)27)5-6-16(17)31-18-12-15(20-22(18)3)19(25)23-7-9-30-10-8-23/h5-6,11-13,21H,4,7-10H2,1-3H3. The molecule has 1 N–H and O–H groups in total. The predicted octanol–water partition coefficient (Wildman–Crippen LogP) is 1.67. The minimum atomic E-state index is -4.12. The first-order valence-corrected chi connectivity index (χ1v) is 11.5. The molecule has 0 radical (unpaired) electrons. The second-order valence-electron chi connectivity index (χ2n) is 7.32. The molecule has 1 saturated heterocycles. The number of sulfonamides is 1. The fraction of sp³-hybridized carbons (Fsp3) is 0.474. The highest BCUT2D eigenvalue weighted by Gasteiger charge is 2.27. The summed E-state index contributed by atoms with van der Waals surface area (Å²) in [6.07, 6.45) is 0.527. The number of amides is 1. The van der Waals surface area contributed by atoms with Crippen molar-refractivity contribution in [1.29, 1.82) is 0 Å². The SMILES string of the molecule is CCC(C)NS(=O)(=O)c1cc([N+](=O)[O-])ccc1Oc1cc(C(=O)N2CCOCC2)nn1C. The van der Waals surface area contributed by atoms with Gasteiger partial charge in [0.1, 0.15) is 10.6 Å². The summed E-state index contributed by atoms with van der Waals surface area (Å²) in [5.41, 5.74) is -0.261. The number of hydrogen-bond donors (Lipinski definition) is 1. The van der Waals surface area contributed by atoms with Gasteiger partial charge >= 0.3 is 0 Å². The zero-order valence-electron chi connectivity index (χ0n) is 18.0. The molecule has 32 heavy (non-hydrogen) atoms. The van der Waals surface area contributed by atoms with Gasteiger partial charge in [-0.25, -0.2) is 17.8 Å². The molecular formula is C19H25N5O7S. The number of nitrogens with zero attached hydrogens (tertiary/aromatic N) is 4. The lowest BCUT2D eigenvalue weighted by Crippen LogP contribution is -2.40. The van der Waals surface area contributed by atoms with E-state index in [1.54, 1.807) is 25.8 Å². The first-order valence-electron chi connectivity index (χ1n) is 10.0. The second-order valence-corrected chi connectivity index (χ2v) is 9.00. The molecular weight excluding hydrogens is 442 g/mol. The Hall–Kier alpha value is -3.03. The lowest BCUT2D eigenvalue weighted by atomic mass is 10.3. The molecule has 1 aliphatic rings. The Kier molecular flexibility index (Phi) is 7.11. The van der Waals surface area contributed by atoms with Crippen molar-refractivity contribution in [3.05, 3.63) is 40.1 Å². The third-order valence-corrected chi connectivity index (χ3v) is 6.58. The number of aryl methyl sites for hydroxylation is 1. The number of rotatable bonds is 8. The van der Waals surface area contributed by atoms with Crippen molar-refractivity contribution in [3.63, 3.8) is 0 Å². The van der Waals surface area contributed by atoms with Gasteiger partial charge in [-0.3, -0.25) is 14.9 Å². The maximum Gasteiger partial charge on any atom is 0.274 e. The van der Waals surface area contributed by atoms with Crippen LogP contribution in [0.5, 0.6) is 11.6 Å². The maximum atomic E-state index is 12.9. The summed E-state index contributed by atoms with van der Waals surface area (Å²) >= 11 is 0. The molecule has 12 nitrogen and oxygen atoms in total. The third kappa shape index (κ3) is 5.23. The van der Waals surface area contributed by atoms with Gasteiger partial charge in [-0.05, 0) is 19.4 Å². The van der Waals surface area contributed by atoms with Gasteiger partial charge in [0.2, 0.25) is 15.9 Å². The highest BCUT2D eigenvalue weighted by molar-refractivity contribution is 7.89. The number of ether oxygens (including phenoxy) is 2. The van der Waals surface area contributed by atoms with Gasteiger partial charge in [0.25, 0.3) is 11.6 Å². The molecule has 1 atom stereocenters. The van der Waals surface area contributed by atoms with Crippen LogP contribution in [0.3, 0.4) is 0 Å². The second kappa shape index (κ2) is 9.63. The van der Waals surface area contributed by atoms with Crippen LogP contribution < -0.4 is 9.46 Å². The smallest absolute Gasteiger partial charge is 0.274 e. The number of non-ortho nitro benzene ring substituents is 1. The highest BCUT2D eigenvalue weighted by atomic mass is 32.2. The van der Waals surface area contributed by atoms with Crippen molar-refractivity contribution in [1.82, 2.24) is 19.4 Å². The van der Waals surface area contributed by atoms with E-state index in [1.165, 1.54) is 16.8 Å². The van der Waals surface area contributed by atoms with Crippen molar-refractivity contribution in [2.75, 3.05) is 26.3 Å². The minimum Gasteiger partial charge on any atom is -0.438 e. The largest absolute Gasteiger partial charge is 0.438 e. The highest BCUT2D eigenvalue weighted by Crippen LogP contribution is 2.32. The van der Waals surface area contributed by atoms with Gasteiger partial charge in [0.15, 0.2) is 5.69 Å². The number of benzene rings is 1. The first kappa shape index (κ1) is 23.6. The summed E-state index contributed by atoms with van der Waals surface area (Å²) in [6, 6.07) is 4.31. The zero-order chi connectivity index (χ0) is 23.5. The molecule has 0 saturated carbocycles. The molecule has 0 aliphatic carbocycles. The van der Waals surface area contributed by atoms with Crippen LogP contribution in [0.1, 0.15) is 30.8 Å². The molecule has 174 valence electrons. The molecule has 1 aliphatic heterocycles. The Morgan fingerprint density at radius 2 is 2.03 bits per heavy atom. The van der Waals surface area contributed by atoms with Crippen molar-refractivity contribution < 1.29 is 27.6 Å². The van der Waals surface area contributed by atoms with Crippen molar-refractivity contribution >= 4 is 21.6 Å². The minimum absolute atomic E-state index is 0.107. The van der Waals surface area contributed by atoms with E-state index in [4.69, 9.17) is 9.47 Å². The van der Waals surface area contributed by atoms with Gasteiger partial charge in [-0.2, -0.15) is 5.10 Å². The van der Waals surface area contributed by atoms with E-state index >= 15 is 0 Å². The Labute approximate surface area is 185 Å². The quantitative estimate of drug-likeness (QED) is 0.456. The summed E-state index contributed by atoms with van der Waals surface area (Å²) in [7, 11) is -2.57. The van der Waals surface area contributed by atoms with Crippen molar-refractivity contribution in [3.8, 4) is 11.6 Å². The van der Waals surface area contributed by atoms with E-state index in [9.17, 15) is 23.3 Å². The topological polar surface area (TPSA) is 146 Å². The van der Waals surface area contributed by atoms with Gasteiger partial charge in [-0.1, -0.05) is 6.92 Å². The molecule has 3 rings (SSSR count). The number of nitro groups is 1. The fourth-order valence-corrected chi connectivity index (χ4v) is 4.48. The van der Waals surface area contributed by atoms with E-state index < -0.39 is 20.6 Å². The fourth-order valence-electron chi connectivity index (χ4n) is 3.01. The van der Waals surface area contributed by atoms with E-state index in [2.05, 4.69) is 9.82 Å². The van der Waals surface area contributed by atoms with E-state index in [1.807, 2.05) is 0 Å². The van der Waals surface area contributed by atoms with Gasteiger partial charge in [-0.15, -0.1) is 0 Å². The number of carbonyl (C=O) groups excluding carboxylic acids is 1. The molecule has 1 aromatic carbocycles. The van der Waals surface area contributed by atoms with Crippen LogP contribution in [0.2, 0.25) is 0 Å². The van der Waals surface area contributed by atoms with Gasteiger partial charge in [0, 0.05) is 44.4 Å². The van der Waals surface area contributed by atoms with Crippen LogP contribution >= 0.6 is 0 Å². The Balaban J connectivity index is 1.94. The van der Waals surface area contributed by atoms with E-state index in [-0.39, 0.29) is 34.2 Å². The summed E-state index contributed by atoms with van der Waals surface area (Å²) < 4.78 is 40.5. The maximum absolute atomic E-state index is 12.9. The number of nitrogens with one attached hydrogen (secondary N) is 1. The Bertz CT molecular complexity index is 1110.